The Balaban J connectivity index is 1.40. The van der Waals surface area contributed by atoms with Crippen molar-refractivity contribution in [1.82, 2.24) is 19.7 Å². The first kappa shape index (κ1) is 17.9. The lowest BCUT2D eigenvalue weighted by Gasteiger charge is -2.32. The Morgan fingerprint density at radius 2 is 1.93 bits per heavy atom. The van der Waals surface area contributed by atoms with Crippen LogP contribution in [0, 0.1) is 6.92 Å². The van der Waals surface area contributed by atoms with E-state index >= 15 is 0 Å². The van der Waals surface area contributed by atoms with E-state index in [1.165, 1.54) is 22.4 Å². The van der Waals surface area contributed by atoms with Crippen LogP contribution in [0.25, 0.3) is 0 Å². The van der Waals surface area contributed by atoms with Crippen LogP contribution in [0.5, 0.6) is 0 Å². The number of aryl methyl sites for hydroxylation is 1. The minimum Gasteiger partial charge on any atom is -0.369 e. The lowest BCUT2D eigenvalue weighted by molar-refractivity contribution is -0.0350. The fourth-order valence-corrected chi connectivity index (χ4v) is 3.53. The number of hydrogen-bond donors (Lipinski definition) is 0. The van der Waals surface area contributed by atoms with Crippen molar-refractivity contribution in [2.45, 2.75) is 26.0 Å². The first-order chi connectivity index (χ1) is 13.2. The third kappa shape index (κ3) is 4.26. The molecule has 0 radical (unpaired) electrons. The van der Waals surface area contributed by atoms with Crippen molar-refractivity contribution in [2.75, 3.05) is 19.7 Å². The maximum atomic E-state index is 6.00. The maximum absolute atomic E-state index is 6.00. The van der Waals surface area contributed by atoms with E-state index < -0.39 is 0 Å². The summed E-state index contributed by atoms with van der Waals surface area (Å²) in [6.45, 7) is 5.56. The van der Waals surface area contributed by atoms with Gasteiger partial charge in [0.15, 0.2) is 0 Å². The Bertz CT molecular complexity index is 873. The lowest BCUT2D eigenvalue weighted by Crippen LogP contribution is -2.38. The molecule has 1 aliphatic rings. The molecule has 1 aromatic carbocycles. The summed E-state index contributed by atoms with van der Waals surface area (Å²) in [5.74, 6) is 0. The van der Waals surface area contributed by atoms with Crippen molar-refractivity contribution in [2.24, 2.45) is 7.05 Å². The van der Waals surface area contributed by atoms with Gasteiger partial charge in [-0.05, 0) is 30.5 Å². The van der Waals surface area contributed by atoms with Crippen LogP contribution >= 0.6 is 0 Å². The van der Waals surface area contributed by atoms with Gasteiger partial charge in [0.1, 0.15) is 6.10 Å². The van der Waals surface area contributed by atoms with Gasteiger partial charge < -0.3 is 4.74 Å². The van der Waals surface area contributed by atoms with E-state index in [0.29, 0.717) is 0 Å². The molecule has 1 atom stereocenters. The van der Waals surface area contributed by atoms with E-state index in [2.05, 4.69) is 53.3 Å². The molecule has 140 valence electrons. The Morgan fingerprint density at radius 3 is 2.63 bits per heavy atom. The Labute approximate surface area is 160 Å². The fourth-order valence-electron chi connectivity index (χ4n) is 3.53. The third-order valence-corrected chi connectivity index (χ3v) is 5.31. The van der Waals surface area contributed by atoms with Gasteiger partial charge in [0, 0.05) is 44.1 Å². The quantitative estimate of drug-likeness (QED) is 0.699. The summed E-state index contributed by atoms with van der Waals surface area (Å²) in [7, 11) is 1.99. The second kappa shape index (κ2) is 8.03. The van der Waals surface area contributed by atoms with Gasteiger partial charge in [-0.25, -0.2) is 0 Å². The van der Waals surface area contributed by atoms with E-state index in [1.54, 1.807) is 0 Å². The van der Waals surface area contributed by atoms with Gasteiger partial charge in [-0.3, -0.25) is 14.6 Å². The molecule has 1 fully saturated rings. The van der Waals surface area contributed by atoms with Crippen molar-refractivity contribution in [3.8, 4) is 0 Å². The summed E-state index contributed by atoms with van der Waals surface area (Å²) in [4.78, 5) is 7.12. The van der Waals surface area contributed by atoms with E-state index in [4.69, 9.17) is 9.72 Å². The van der Waals surface area contributed by atoms with Crippen LogP contribution in [-0.4, -0.2) is 39.4 Å². The smallest absolute Gasteiger partial charge is 0.112 e. The summed E-state index contributed by atoms with van der Waals surface area (Å²) in [5.41, 5.74) is 6.05. The zero-order chi connectivity index (χ0) is 18.6. The number of benzene rings is 1. The molecule has 5 heteroatoms. The minimum atomic E-state index is 0.0292. The monoisotopic (exact) mass is 362 g/mol. The van der Waals surface area contributed by atoms with Crippen LogP contribution in [0.2, 0.25) is 0 Å². The van der Waals surface area contributed by atoms with Crippen molar-refractivity contribution in [3.05, 3.63) is 82.9 Å². The molecule has 0 spiro atoms. The maximum Gasteiger partial charge on any atom is 0.112 e. The average Bonchev–Trinajstić information content (AvgIpc) is 3.02. The molecule has 4 rings (SSSR count). The molecule has 0 aliphatic carbocycles. The molecule has 0 unspecified atom stereocenters. The first-order valence-electron chi connectivity index (χ1n) is 9.49. The van der Waals surface area contributed by atoms with E-state index in [0.717, 1.165) is 38.4 Å². The summed E-state index contributed by atoms with van der Waals surface area (Å²) < 4.78 is 7.93. The normalized spacial score (nSPS) is 17.9. The standard InChI is InChI=1S/C22H26N4O/c1-17-20(14-24-25(17)2)15-26-10-11-27-22(16-26)21-9-8-19(13-23-21)12-18-6-4-3-5-7-18/h3-9,13-14,22H,10-12,15-16H2,1-2H3/t22-/m0/s1. The molecule has 5 nitrogen and oxygen atoms in total. The zero-order valence-electron chi connectivity index (χ0n) is 16.0. The number of ether oxygens (including phenoxy) is 1. The highest BCUT2D eigenvalue weighted by Gasteiger charge is 2.23. The highest BCUT2D eigenvalue weighted by Crippen LogP contribution is 2.23. The minimum absolute atomic E-state index is 0.0292. The average molecular weight is 362 g/mol. The molecule has 3 heterocycles. The number of rotatable bonds is 5. The van der Waals surface area contributed by atoms with Gasteiger partial charge in [-0.15, -0.1) is 0 Å². The summed E-state index contributed by atoms with van der Waals surface area (Å²) >= 11 is 0. The molecular weight excluding hydrogens is 336 g/mol. The number of nitrogens with zero attached hydrogens (tertiary/aromatic N) is 4. The van der Waals surface area contributed by atoms with E-state index in [9.17, 15) is 0 Å². The van der Waals surface area contributed by atoms with Crippen LogP contribution in [0.1, 0.15) is 34.2 Å². The topological polar surface area (TPSA) is 43.2 Å². The number of pyridine rings is 1. The van der Waals surface area contributed by atoms with Crippen molar-refractivity contribution in [3.63, 3.8) is 0 Å². The lowest BCUT2D eigenvalue weighted by atomic mass is 10.1. The highest BCUT2D eigenvalue weighted by atomic mass is 16.5. The van der Waals surface area contributed by atoms with Gasteiger partial charge >= 0.3 is 0 Å². The first-order valence-corrected chi connectivity index (χ1v) is 9.49. The van der Waals surface area contributed by atoms with Gasteiger partial charge in [0.25, 0.3) is 0 Å². The zero-order valence-corrected chi connectivity index (χ0v) is 16.0. The van der Waals surface area contributed by atoms with Crippen molar-refractivity contribution in [1.29, 1.82) is 0 Å². The largest absolute Gasteiger partial charge is 0.369 e. The van der Waals surface area contributed by atoms with Crippen LogP contribution in [0.3, 0.4) is 0 Å². The second-order valence-corrected chi connectivity index (χ2v) is 7.23. The molecular formula is C22H26N4O. The van der Waals surface area contributed by atoms with Crippen LogP contribution in [0.4, 0.5) is 0 Å². The fraction of sp³-hybridized carbons (Fsp3) is 0.364. The Hall–Kier alpha value is -2.50. The third-order valence-electron chi connectivity index (χ3n) is 5.31. The number of aromatic nitrogens is 3. The molecule has 0 amide bonds. The molecule has 1 aliphatic heterocycles. The molecule has 27 heavy (non-hydrogen) atoms. The molecule has 0 saturated carbocycles. The van der Waals surface area contributed by atoms with E-state index in [1.807, 2.05) is 30.2 Å². The molecule has 3 aromatic rings. The van der Waals surface area contributed by atoms with Crippen LogP contribution in [-0.2, 0) is 24.8 Å². The summed E-state index contributed by atoms with van der Waals surface area (Å²) in [6, 6.07) is 14.8. The summed E-state index contributed by atoms with van der Waals surface area (Å²) in [6.07, 6.45) is 4.89. The number of morpholine rings is 1. The SMILES string of the molecule is Cc1c(CN2CCO[C@H](c3ccc(Cc4ccccc4)cn3)C2)cnn1C. The van der Waals surface area contributed by atoms with Crippen LogP contribution in [0.15, 0.2) is 54.9 Å². The number of hydrogen-bond acceptors (Lipinski definition) is 4. The van der Waals surface area contributed by atoms with Gasteiger partial charge in [-0.1, -0.05) is 36.4 Å². The van der Waals surface area contributed by atoms with Gasteiger partial charge in [-0.2, -0.15) is 5.10 Å². The Morgan fingerprint density at radius 1 is 1.07 bits per heavy atom. The predicted octanol–water partition coefficient (Wildman–Crippen LogP) is 3.29. The van der Waals surface area contributed by atoms with Crippen molar-refractivity contribution >= 4 is 0 Å². The summed E-state index contributed by atoms with van der Waals surface area (Å²) in [5, 5.41) is 4.35. The van der Waals surface area contributed by atoms with Gasteiger partial charge in [0.05, 0.1) is 18.5 Å². The molecule has 1 saturated heterocycles. The second-order valence-electron chi connectivity index (χ2n) is 7.23. The molecule has 0 N–H and O–H groups in total. The van der Waals surface area contributed by atoms with Crippen molar-refractivity contribution < 1.29 is 4.74 Å². The predicted molar refractivity (Wildman–Crippen MR) is 105 cm³/mol. The molecule has 2 aromatic heterocycles. The highest BCUT2D eigenvalue weighted by molar-refractivity contribution is 5.25. The van der Waals surface area contributed by atoms with Gasteiger partial charge in [0.2, 0.25) is 0 Å². The van der Waals surface area contributed by atoms with E-state index in [-0.39, 0.29) is 6.10 Å². The Kier molecular flexibility index (Phi) is 5.32. The molecule has 0 bridgehead atoms. The van der Waals surface area contributed by atoms with Crippen LogP contribution < -0.4 is 0 Å².